The molecular formula is C15H19ClN2O3S. The van der Waals surface area contributed by atoms with Crippen LogP contribution in [-0.4, -0.2) is 45.1 Å². The Morgan fingerprint density at radius 2 is 1.91 bits per heavy atom. The molecule has 1 saturated heterocycles. The van der Waals surface area contributed by atoms with E-state index in [1.54, 1.807) is 12.1 Å². The molecule has 0 saturated carbocycles. The van der Waals surface area contributed by atoms with E-state index >= 15 is 0 Å². The lowest BCUT2D eigenvalue weighted by Gasteiger charge is -2.31. The number of sulfonamides is 1. The first-order chi connectivity index (χ1) is 10.1. The van der Waals surface area contributed by atoms with Gasteiger partial charge in [0.05, 0.1) is 17.6 Å². The van der Waals surface area contributed by atoms with Gasteiger partial charge in [-0.05, 0) is 11.5 Å². The number of halogens is 1. The van der Waals surface area contributed by atoms with Gasteiger partial charge >= 0.3 is 0 Å². The summed E-state index contributed by atoms with van der Waals surface area (Å²) in [7, 11) is -3.53. The first kappa shape index (κ1) is 17.2. The van der Waals surface area contributed by atoms with Gasteiger partial charge in [-0.2, -0.15) is 4.31 Å². The fraction of sp³-hybridized carbons (Fsp3) is 0.333. The lowest BCUT2D eigenvalue weighted by atomic mass is 10.1. The third-order valence-electron chi connectivity index (χ3n) is 3.73. The first-order valence-corrected chi connectivity index (χ1v) is 8.36. The fourth-order valence-electron chi connectivity index (χ4n) is 2.61. The third-order valence-corrected chi connectivity index (χ3v) is 5.66. The number of fused-ring (bicyclic) bond motifs is 1. The average molecular weight is 343 g/mol. The second kappa shape index (κ2) is 6.93. The molecule has 0 bridgehead atoms. The standard InChI is InChI=1S/C15H18N2O3S.ClH/c16-10-13-11-17(8-9-20-13)21(18,19)15-7-3-5-12-4-1-2-6-14(12)15;/h1-7,13H,8-11,16H2;1H. The lowest BCUT2D eigenvalue weighted by molar-refractivity contribution is 0.00453. The van der Waals surface area contributed by atoms with Gasteiger partial charge in [0.25, 0.3) is 0 Å². The molecule has 2 N–H and O–H groups in total. The average Bonchev–Trinajstić information content (AvgIpc) is 2.54. The van der Waals surface area contributed by atoms with Crippen LogP contribution in [0.5, 0.6) is 0 Å². The van der Waals surface area contributed by atoms with E-state index in [2.05, 4.69) is 0 Å². The predicted molar refractivity (Wildman–Crippen MR) is 88.7 cm³/mol. The Bertz CT molecular complexity index is 746. The van der Waals surface area contributed by atoms with Gasteiger partial charge < -0.3 is 10.5 Å². The van der Waals surface area contributed by atoms with E-state index in [1.165, 1.54) is 4.31 Å². The molecule has 7 heteroatoms. The molecule has 1 aliphatic rings. The van der Waals surface area contributed by atoms with Crippen LogP contribution in [0, 0.1) is 0 Å². The van der Waals surface area contributed by atoms with Gasteiger partial charge in [-0.15, -0.1) is 12.4 Å². The SMILES string of the molecule is Cl.NCC1CN(S(=O)(=O)c2cccc3ccccc23)CCO1. The Morgan fingerprint density at radius 3 is 2.68 bits per heavy atom. The van der Waals surface area contributed by atoms with Crippen LogP contribution >= 0.6 is 12.4 Å². The van der Waals surface area contributed by atoms with Crippen molar-refractivity contribution in [2.45, 2.75) is 11.0 Å². The maximum atomic E-state index is 12.9. The number of nitrogens with zero attached hydrogens (tertiary/aromatic N) is 1. The zero-order chi connectivity index (χ0) is 14.9. The molecule has 2 aromatic carbocycles. The number of hydrogen-bond donors (Lipinski definition) is 1. The summed E-state index contributed by atoms with van der Waals surface area (Å²) in [4.78, 5) is 0.346. The number of benzene rings is 2. The highest BCUT2D eigenvalue weighted by atomic mass is 35.5. The molecule has 1 fully saturated rings. The van der Waals surface area contributed by atoms with Crippen molar-refractivity contribution >= 4 is 33.2 Å². The highest BCUT2D eigenvalue weighted by Gasteiger charge is 2.31. The number of morpholine rings is 1. The maximum absolute atomic E-state index is 12.9. The smallest absolute Gasteiger partial charge is 0.243 e. The molecular weight excluding hydrogens is 324 g/mol. The second-order valence-electron chi connectivity index (χ2n) is 5.07. The molecule has 0 aromatic heterocycles. The Morgan fingerprint density at radius 1 is 1.18 bits per heavy atom. The van der Waals surface area contributed by atoms with Gasteiger partial charge in [0.2, 0.25) is 10.0 Å². The van der Waals surface area contributed by atoms with E-state index in [0.717, 1.165) is 10.8 Å². The zero-order valence-corrected chi connectivity index (χ0v) is 13.6. The summed E-state index contributed by atoms with van der Waals surface area (Å²) >= 11 is 0. The molecule has 3 rings (SSSR count). The molecule has 120 valence electrons. The minimum atomic E-state index is -3.53. The molecule has 0 amide bonds. The molecule has 1 unspecified atom stereocenters. The van der Waals surface area contributed by atoms with Crippen LogP contribution in [0.3, 0.4) is 0 Å². The van der Waals surface area contributed by atoms with E-state index in [0.29, 0.717) is 31.1 Å². The summed E-state index contributed by atoms with van der Waals surface area (Å²) < 4.78 is 32.7. The summed E-state index contributed by atoms with van der Waals surface area (Å²) in [6.45, 7) is 1.37. The van der Waals surface area contributed by atoms with Crippen LogP contribution in [0.15, 0.2) is 47.4 Å². The van der Waals surface area contributed by atoms with E-state index < -0.39 is 10.0 Å². The van der Waals surface area contributed by atoms with Crippen molar-refractivity contribution in [2.75, 3.05) is 26.2 Å². The number of nitrogens with two attached hydrogens (primary N) is 1. The van der Waals surface area contributed by atoms with Crippen molar-refractivity contribution < 1.29 is 13.2 Å². The van der Waals surface area contributed by atoms with Crippen molar-refractivity contribution in [1.29, 1.82) is 0 Å². The maximum Gasteiger partial charge on any atom is 0.243 e. The molecule has 1 atom stereocenters. The molecule has 22 heavy (non-hydrogen) atoms. The Hall–Kier alpha value is -1.18. The number of rotatable bonds is 3. The first-order valence-electron chi connectivity index (χ1n) is 6.92. The highest BCUT2D eigenvalue weighted by Crippen LogP contribution is 2.26. The summed E-state index contributed by atoms with van der Waals surface area (Å²) in [5.41, 5.74) is 5.59. The van der Waals surface area contributed by atoms with Crippen LogP contribution in [0.25, 0.3) is 10.8 Å². The molecule has 0 radical (unpaired) electrons. The molecule has 0 aliphatic carbocycles. The van der Waals surface area contributed by atoms with Crippen LogP contribution in [-0.2, 0) is 14.8 Å². The van der Waals surface area contributed by atoms with Gasteiger partial charge in [-0.3, -0.25) is 0 Å². The monoisotopic (exact) mass is 342 g/mol. The fourth-order valence-corrected chi connectivity index (χ4v) is 4.28. The van der Waals surface area contributed by atoms with E-state index in [9.17, 15) is 8.42 Å². The van der Waals surface area contributed by atoms with E-state index in [4.69, 9.17) is 10.5 Å². The molecule has 5 nitrogen and oxygen atoms in total. The lowest BCUT2D eigenvalue weighted by Crippen LogP contribution is -2.48. The molecule has 2 aromatic rings. The quantitative estimate of drug-likeness (QED) is 0.919. The Labute approximate surface area is 136 Å². The summed E-state index contributed by atoms with van der Waals surface area (Å²) in [5.74, 6) is 0. The van der Waals surface area contributed by atoms with E-state index in [1.807, 2.05) is 30.3 Å². The van der Waals surface area contributed by atoms with Crippen molar-refractivity contribution in [3.05, 3.63) is 42.5 Å². The van der Waals surface area contributed by atoms with Gasteiger partial charge in [-0.1, -0.05) is 36.4 Å². The van der Waals surface area contributed by atoms with Crippen molar-refractivity contribution in [2.24, 2.45) is 5.73 Å². The number of hydrogen-bond acceptors (Lipinski definition) is 4. The molecule has 1 aliphatic heterocycles. The third kappa shape index (κ3) is 3.11. The summed E-state index contributed by atoms with van der Waals surface area (Å²) in [5, 5.41) is 1.66. The van der Waals surface area contributed by atoms with Gasteiger partial charge in [0.15, 0.2) is 0 Å². The van der Waals surface area contributed by atoms with Crippen molar-refractivity contribution in [1.82, 2.24) is 4.31 Å². The summed E-state index contributed by atoms with van der Waals surface area (Å²) in [6, 6.07) is 12.8. The van der Waals surface area contributed by atoms with Gasteiger partial charge in [0, 0.05) is 25.0 Å². The summed E-state index contributed by atoms with van der Waals surface area (Å²) in [6.07, 6.45) is -0.233. The van der Waals surface area contributed by atoms with Crippen molar-refractivity contribution in [3.63, 3.8) is 0 Å². The van der Waals surface area contributed by atoms with Gasteiger partial charge in [-0.25, -0.2) is 8.42 Å². The van der Waals surface area contributed by atoms with Crippen LogP contribution in [0.1, 0.15) is 0 Å². The largest absolute Gasteiger partial charge is 0.374 e. The second-order valence-corrected chi connectivity index (χ2v) is 6.98. The normalized spacial score (nSPS) is 19.8. The van der Waals surface area contributed by atoms with Crippen LogP contribution < -0.4 is 5.73 Å². The minimum absolute atomic E-state index is 0. The van der Waals surface area contributed by atoms with Crippen LogP contribution in [0.4, 0.5) is 0 Å². The minimum Gasteiger partial charge on any atom is -0.374 e. The Balaban J connectivity index is 0.00000176. The zero-order valence-electron chi connectivity index (χ0n) is 12.0. The molecule has 0 spiro atoms. The Kier molecular flexibility index (Phi) is 5.41. The van der Waals surface area contributed by atoms with Crippen LogP contribution in [0.2, 0.25) is 0 Å². The van der Waals surface area contributed by atoms with Crippen molar-refractivity contribution in [3.8, 4) is 0 Å². The highest BCUT2D eigenvalue weighted by molar-refractivity contribution is 7.89. The predicted octanol–water partition coefficient (Wildman–Crippen LogP) is 1.61. The topological polar surface area (TPSA) is 72.6 Å². The molecule has 1 heterocycles. The van der Waals surface area contributed by atoms with E-state index in [-0.39, 0.29) is 18.5 Å². The number of ether oxygens (including phenoxy) is 1. The van der Waals surface area contributed by atoms with Gasteiger partial charge in [0.1, 0.15) is 0 Å².